The average Bonchev–Trinajstić information content (AvgIpc) is 2.25. The van der Waals surface area contributed by atoms with Gasteiger partial charge in [0, 0.05) is 12.1 Å². The zero-order valence-corrected chi connectivity index (χ0v) is 10.9. The first-order valence-electron chi connectivity index (χ1n) is 4.83. The smallest absolute Gasteiger partial charge is 0.199 e. The quantitative estimate of drug-likeness (QED) is 0.406. The van der Waals surface area contributed by atoms with Crippen LogP contribution in [0.15, 0.2) is 55.9 Å². The lowest BCUT2D eigenvalue weighted by molar-refractivity contribution is -0.652. The summed E-state index contributed by atoms with van der Waals surface area (Å²) in [6.07, 6.45) is 9.82. The molecule has 1 atom stereocenters. The number of nitrogens with zero attached hydrogens (tertiary/aromatic N) is 1. The highest BCUT2D eigenvalue weighted by atomic mass is 127. The number of hydrogen-bond acceptors (Lipinski definition) is 1. The highest BCUT2D eigenvalue weighted by Crippen LogP contribution is 1.98. The number of pyridine rings is 1. The lowest BCUT2D eigenvalue weighted by Crippen LogP contribution is -3.00. The SMILES string of the molecule is C=CCCC(C=C)N[n+]1ccccc1.[I-]. The fraction of sp³-hybridized carbons (Fsp3) is 0.250. The van der Waals surface area contributed by atoms with Crippen LogP contribution in [0.2, 0.25) is 0 Å². The Morgan fingerprint density at radius 1 is 1.20 bits per heavy atom. The van der Waals surface area contributed by atoms with Gasteiger partial charge < -0.3 is 24.0 Å². The van der Waals surface area contributed by atoms with Gasteiger partial charge in [-0.25, -0.2) is 0 Å². The van der Waals surface area contributed by atoms with Gasteiger partial charge in [0.05, 0.1) is 6.04 Å². The van der Waals surface area contributed by atoms with Crippen LogP contribution in [0.4, 0.5) is 0 Å². The van der Waals surface area contributed by atoms with Crippen molar-refractivity contribution < 1.29 is 28.7 Å². The maximum absolute atomic E-state index is 3.80. The van der Waals surface area contributed by atoms with Crippen LogP contribution in [0, 0.1) is 0 Å². The van der Waals surface area contributed by atoms with E-state index in [9.17, 15) is 0 Å². The Hall–Kier alpha value is -0.840. The molecule has 0 aliphatic carbocycles. The Morgan fingerprint density at radius 2 is 1.87 bits per heavy atom. The van der Waals surface area contributed by atoms with Gasteiger partial charge in [0.1, 0.15) is 0 Å². The third-order valence-corrected chi connectivity index (χ3v) is 2.00. The van der Waals surface area contributed by atoms with Crippen molar-refractivity contribution in [3.05, 3.63) is 55.9 Å². The van der Waals surface area contributed by atoms with Crippen molar-refractivity contribution in [2.45, 2.75) is 18.9 Å². The lowest BCUT2D eigenvalue weighted by atomic mass is 10.1. The third-order valence-electron chi connectivity index (χ3n) is 2.00. The van der Waals surface area contributed by atoms with E-state index in [4.69, 9.17) is 0 Å². The van der Waals surface area contributed by atoms with Crippen LogP contribution in [-0.4, -0.2) is 6.04 Å². The Labute approximate surface area is 109 Å². The third kappa shape index (κ3) is 5.57. The van der Waals surface area contributed by atoms with Crippen LogP contribution in [-0.2, 0) is 0 Å². The summed E-state index contributed by atoms with van der Waals surface area (Å²) in [7, 11) is 0. The molecule has 0 spiro atoms. The highest BCUT2D eigenvalue weighted by Gasteiger charge is 2.06. The molecule has 1 aromatic rings. The van der Waals surface area contributed by atoms with Gasteiger partial charge in [-0.2, -0.15) is 5.43 Å². The number of nitrogens with one attached hydrogen (secondary N) is 1. The normalized spacial score (nSPS) is 10.9. The first kappa shape index (κ1) is 14.2. The van der Waals surface area contributed by atoms with Crippen molar-refractivity contribution in [3.8, 4) is 0 Å². The summed E-state index contributed by atoms with van der Waals surface area (Å²) in [5.74, 6) is 0. The fourth-order valence-electron chi connectivity index (χ4n) is 1.21. The van der Waals surface area contributed by atoms with Gasteiger partial charge in [0.15, 0.2) is 12.4 Å². The minimum atomic E-state index is 0. The molecule has 1 aromatic heterocycles. The summed E-state index contributed by atoms with van der Waals surface area (Å²) in [5.41, 5.74) is 3.31. The van der Waals surface area contributed by atoms with Gasteiger partial charge in [-0.3, -0.25) is 0 Å². The van der Waals surface area contributed by atoms with Crippen LogP contribution in [0.3, 0.4) is 0 Å². The van der Waals surface area contributed by atoms with Crippen molar-refractivity contribution in [1.82, 2.24) is 0 Å². The van der Waals surface area contributed by atoms with Crippen molar-refractivity contribution in [3.63, 3.8) is 0 Å². The summed E-state index contributed by atoms with van der Waals surface area (Å²) in [6, 6.07) is 6.26. The van der Waals surface area contributed by atoms with Gasteiger partial charge >= 0.3 is 0 Å². The molecule has 1 unspecified atom stereocenters. The Balaban J connectivity index is 0.00000196. The molecule has 2 nitrogen and oxygen atoms in total. The zero-order valence-electron chi connectivity index (χ0n) is 8.77. The van der Waals surface area contributed by atoms with Crippen molar-refractivity contribution >= 4 is 0 Å². The van der Waals surface area contributed by atoms with Crippen LogP contribution in [0.1, 0.15) is 12.8 Å². The first-order valence-corrected chi connectivity index (χ1v) is 4.83. The van der Waals surface area contributed by atoms with Crippen LogP contribution < -0.4 is 34.1 Å². The summed E-state index contributed by atoms with van der Waals surface area (Å²) in [6.45, 7) is 7.51. The van der Waals surface area contributed by atoms with Gasteiger partial charge in [0.25, 0.3) is 0 Å². The van der Waals surface area contributed by atoms with Gasteiger partial charge in [-0.1, -0.05) is 22.9 Å². The summed E-state index contributed by atoms with van der Waals surface area (Å²) < 4.78 is 1.94. The maximum Gasteiger partial charge on any atom is 0.199 e. The van der Waals surface area contributed by atoms with E-state index in [1.165, 1.54) is 0 Å². The van der Waals surface area contributed by atoms with E-state index in [1.807, 2.05) is 47.4 Å². The highest BCUT2D eigenvalue weighted by molar-refractivity contribution is 4.92. The molecule has 0 bridgehead atoms. The van der Waals surface area contributed by atoms with Crippen molar-refractivity contribution in [2.24, 2.45) is 0 Å². The van der Waals surface area contributed by atoms with Crippen molar-refractivity contribution in [1.29, 1.82) is 0 Å². The van der Waals surface area contributed by atoms with Crippen LogP contribution in [0.25, 0.3) is 0 Å². The Bertz CT molecular complexity index is 285. The van der Waals surface area contributed by atoms with Crippen LogP contribution in [0.5, 0.6) is 0 Å². The molecule has 1 rings (SSSR count). The van der Waals surface area contributed by atoms with Gasteiger partial charge in [0.2, 0.25) is 0 Å². The molecule has 0 amide bonds. The molecule has 0 fully saturated rings. The number of rotatable bonds is 6. The zero-order chi connectivity index (χ0) is 10.2. The molecule has 1 N–H and O–H groups in total. The van der Waals surface area contributed by atoms with Crippen molar-refractivity contribution in [2.75, 3.05) is 5.43 Å². The molecule has 0 saturated carbocycles. The minimum absolute atomic E-state index is 0. The second kappa shape index (κ2) is 8.47. The van der Waals surface area contributed by atoms with E-state index in [2.05, 4.69) is 18.6 Å². The lowest BCUT2D eigenvalue weighted by Gasteiger charge is -2.09. The van der Waals surface area contributed by atoms with Gasteiger partial charge in [-0.05, 0) is 12.8 Å². The molecule has 0 aliphatic heterocycles. The molecular weight excluding hydrogens is 299 g/mol. The number of hydrogen-bond donors (Lipinski definition) is 1. The summed E-state index contributed by atoms with van der Waals surface area (Å²) >= 11 is 0. The fourth-order valence-corrected chi connectivity index (χ4v) is 1.21. The second-order valence-corrected chi connectivity index (χ2v) is 3.12. The monoisotopic (exact) mass is 316 g/mol. The maximum atomic E-state index is 3.80. The molecule has 0 aromatic carbocycles. The van der Waals surface area contributed by atoms with E-state index in [0.29, 0.717) is 6.04 Å². The minimum Gasteiger partial charge on any atom is -1.00 e. The molecule has 0 aliphatic rings. The average molecular weight is 316 g/mol. The molecule has 1 heterocycles. The second-order valence-electron chi connectivity index (χ2n) is 3.12. The van der Waals surface area contributed by atoms with Gasteiger partial charge in [-0.15, -0.1) is 13.2 Å². The van der Waals surface area contributed by atoms with E-state index >= 15 is 0 Å². The molecule has 82 valence electrons. The molecule has 0 radical (unpaired) electrons. The molecule has 3 heteroatoms. The number of aromatic nitrogens is 1. The first-order chi connectivity index (χ1) is 6.86. The van der Waals surface area contributed by atoms with Crippen LogP contribution >= 0.6 is 0 Å². The number of allylic oxidation sites excluding steroid dienone is 1. The standard InChI is InChI=1S/C12H17N2.HI/c1-3-5-9-12(4-2)13-14-10-7-6-8-11-14;/h3-4,6-8,10-13H,1-2,5,9H2;1H/q+1;/p-1. The van der Waals surface area contributed by atoms with E-state index in [1.54, 1.807) is 0 Å². The summed E-state index contributed by atoms with van der Waals surface area (Å²) in [5, 5.41) is 0. The number of halogens is 1. The Kier molecular flexibility index (Phi) is 7.99. The topological polar surface area (TPSA) is 15.9 Å². The molecule has 15 heavy (non-hydrogen) atoms. The predicted molar refractivity (Wildman–Crippen MR) is 59.4 cm³/mol. The summed E-state index contributed by atoms with van der Waals surface area (Å²) in [4.78, 5) is 0. The van der Waals surface area contributed by atoms with E-state index < -0.39 is 0 Å². The van der Waals surface area contributed by atoms with E-state index in [-0.39, 0.29) is 24.0 Å². The molecular formula is C12H17IN2. The largest absolute Gasteiger partial charge is 1.00 e. The Morgan fingerprint density at radius 3 is 2.40 bits per heavy atom. The molecule has 0 saturated heterocycles. The predicted octanol–water partition coefficient (Wildman–Crippen LogP) is -0.958. The van der Waals surface area contributed by atoms with E-state index in [0.717, 1.165) is 12.8 Å².